The Kier molecular flexibility index (Phi) is 2.77. The molecule has 0 aliphatic carbocycles. The highest BCUT2D eigenvalue weighted by Gasteiger charge is 1.98. The summed E-state index contributed by atoms with van der Waals surface area (Å²) < 4.78 is 1.63. The van der Waals surface area contributed by atoms with Gasteiger partial charge in [0, 0.05) is 24.0 Å². The molecule has 0 aliphatic heterocycles. The highest BCUT2D eigenvalue weighted by atomic mass is 16.4. The first kappa shape index (κ1) is 10.1. The first-order chi connectivity index (χ1) is 7.75. The van der Waals surface area contributed by atoms with E-state index < -0.39 is 5.97 Å². The minimum Gasteiger partial charge on any atom is -0.478 e. The third-order valence-corrected chi connectivity index (χ3v) is 1.93. The predicted molar refractivity (Wildman–Crippen MR) is 58.0 cm³/mol. The van der Waals surface area contributed by atoms with Crippen molar-refractivity contribution in [1.29, 1.82) is 0 Å². The summed E-state index contributed by atoms with van der Waals surface area (Å²) in [5.74, 6) is -0.978. The van der Waals surface area contributed by atoms with Gasteiger partial charge in [0.25, 0.3) is 0 Å². The van der Waals surface area contributed by atoms with Gasteiger partial charge < -0.3 is 5.11 Å². The summed E-state index contributed by atoms with van der Waals surface area (Å²) in [5.41, 5.74) is 1.56. The van der Waals surface area contributed by atoms with Crippen molar-refractivity contribution in [3.05, 3.63) is 48.6 Å². The summed E-state index contributed by atoms with van der Waals surface area (Å²) in [7, 11) is 0. The van der Waals surface area contributed by atoms with Crippen molar-refractivity contribution in [2.45, 2.75) is 0 Å². The van der Waals surface area contributed by atoms with Crippen molar-refractivity contribution in [3.63, 3.8) is 0 Å². The third-order valence-electron chi connectivity index (χ3n) is 1.93. The Balaban J connectivity index is 2.23. The largest absolute Gasteiger partial charge is 0.478 e. The number of carboxylic acids is 1. The lowest BCUT2D eigenvalue weighted by molar-refractivity contribution is -0.131. The minimum absolute atomic E-state index is 0.728. The van der Waals surface area contributed by atoms with Gasteiger partial charge in [-0.1, -0.05) is 0 Å². The fourth-order valence-corrected chi connectivity index (χ4v) is 1.22. The summed E-state index contributed by atoms with van der Waals surface area (Å²) in [5, 5.41) is 12.6. The van der Waals surface area contributed by atoms with Crippen molar-refractivity contribution in [1.82, 2.24) is 14.8 Å². The van der Waals surface area contributed by atoms with Gasteiger partial charge in [-0.2, -0.15) is 5.10 Å². The molecular formula is C11H9N3O2. The second-order valence-electron chi connectivity index (χ2n) is 3.10. The molecular weight excluding hydrogens is 206 g/mol. The monoisotopic (exact) mass is 215 g/mol. The molecule has 0 radical (unpaired) electrons. The van der Waals surface area contributed by atoms with Crippen LogP contribution in [0.3, 0.4) is 0 Å². The van der Waals surface area contributed by atoms with Gasteiger partial charge in [-0.15, -0.1) is 0 Å². The maximum Gasteiger partial charge on any atom is 0.328 e. The quantitative estimate of drug-likeness (QED) is 0.785. The molecule has 5 nitrogen and oxygen atoms in total. The van der Waals surface area contributed by atoms with Gasteiger partial charge in [0.05, 0.1) is 18.1 Å². The second-order valence-corrected chi connectivity index (χ2v) is 3.10. The Labute approximate surface area is 91.7 Å². The van der Waals surface area contributed by atoms with Crippen LogP contribution < -0.4 is 0 Å². The number of rotatable bonds is 3. The average Bonchev–Trinajstić information content (AvgIpc) is 2.76. The Hall–Kier alpha value is -2.43. The number of carbonyl (C=O) groups is 1. The van der Waals surface area contributed by atoms with E-state index in [-0.39, 0.29) is 0 Å². The zero-order chi connectivity index (χ0) is 11.4. The molecule has 0 unspecified atom stereocenters. The molecule has 0 amide bonds. The van der Waals surface area contributed by atoms with E-state index in [1.54, 1.807) is 29.5 Å². The van der Waals surface area contributed by atoms with Gasteiger partial charge in [-0.25, -0.2) is 9.48 Å². The van der Waals surface area contributed by atoms with Crippen molar-refractivity contribution in [2.75, 3.05) is 0 Å². The van der Waals surface area contributed by atoms with E-state index >= 15 is 0 Å². The number of hydrogen-bond acceptors (Lipinski definition) is 3. The number of hydrogen-bond donors (Lipinski definition) is 1. The van der Waals surface area contributed by atoms with Crippen LogP contribution >= 0.6 is 0 Å². The maximum atomic E-state index is 10.3. The van der Waals surface area contributed by atoms with Crippen molar-refractivity contribution >= 4 is 12.0 Å². The summed E-state index contributed by atoms with van der Waals surface area (Å²) in [6.07, 6.45) is 9.24. The summed E-state index contributed by atoms with van der Waals surface area (Å²) in [6, 6.07) is 3.68. The Morgan fingerprint density at radius 1 is 1.44 bits per heavy atom. The summed E-state index contributed by atoms with van der Waals surface area (Å²) in [4.78, 5) is 14.3. The Bertz CT molecular complexity index is 517. The molecule has 0 saturated heterocycles. The third kappa shape index (κ3) is 2.33. The zero-order valence-electron chi connectivity index (χ0n) is 8.32. The molecule has 5 heteroatoms. The van der Waals surface area contributed by atoms with E-state index in [2.05, 4.69) is 10.1 Å². The number of carboxylic acid groups (broad SMARTS) is 1. The average molecular weight is 215 g/mol. The highest BCUT2D eigenvalue weighted by molar-refractivity contribution is 5.85. The van der Waals surface area contributed by atoms with E-state index in [9.17, 15) is 4.79 Å². The number of aromatic nitrogens is 3. The molecule has 2 aromatic rings. The molecule has 0 atom stereocenters. The van der Waals surface area contributed by atoms with E-state index in [0.29, 0.717) is 0 Å². The number of aliphatic carboxylic acids is 1. The van der Waals surface area contributed by atoms with Crippen molar-refractivity contribution in [2.24, 2.45) is 0 Å². The van der Waals surface area contributed by atoms with Crippen LogP contribution in [0.2, 0.25) is 0 Å². The van der Waals surface area contributed by atoms with Crippen LogP contribution in [0.15, 0.2) is 43.0 Å². The second kappa shape index (κ2) is 4.39. The van der Waals surface area contributed by atoms with Gasteiger partial charge in [-0.3, -0.25) is 4.98 Å². The standard InChI is InChI=1S/C11H9N3O2/c15-11(16)4-3-9-6-13-14(8-9)10-2-1-5-12-7-10/h1-8H,(H,15,16). The fraction of sp³-hybridized carbons (Fsp3) is 0. The Morgan fingerprint density at radius 3 is 3.00 bits per heavy atom. The molecule has 16 heavy (non-hydrogen) atoms. The van der Waals surface area contributed by atoms with Gasteiger partial charge in [0.15, 0.2) is 0 Å². The van der Waals surface area contributed by atoms with Crippen LogP contribution in [0.5, 0.6) is 0 Å². The van der Waals surface area contributed by atoms with Crippen LogP contribution in [0.4, 0.5) is 0 Å². The highest BCUT2D eigenvalue weighted by Crippen LogP contribution is 2.07. The molecule has 0 fully saturated rings. The topological polar surface area (TPSA) is 68.0 Å². The van der Waals surface area contributed by atoms with E-state index in [1.807, 2.05) is 12.1 Å². The summed E-state index contributed by atoms with van der Waals surface area (Å²) in [6.45, 7) is 0. The predicted octanol–water partition coefficient (Wildman–Crippen LogP) is 1.37. The van der Waals surface area contributed by atoms with Gasteiger partial charge in [0.1, 0.15) is 0 Å². The lowest BCUT2D eigenvalue weighted by Crippen LogP contribution is -1.93. The van der Waals surface area contributed by atoms with E-state index in [0.717, 1.165) is 17.3 Å². The maximum absolute atomic E-state index is 10.3. The van der Waals surface area contributed by atoms with Crippen LogP contribution in [-0.4, -0.2) is 25.8 Å². The normalized spacial score (nSPS) is 10.8. The summed E-state index contributed by atoms with van der Waals surface area (Å²) >= 11 is 0. The SMILES string of the molecule is O=C(O)C=Cc1cnn(-c2cccnc2)c1. The molecule has 1 N–H and O–H groups in total. The molecule has 0 saturated carbocycles. The zero-order valence-corrected chi connectivity index (χ0v) is 8.32. The molecule has 80 valence electrons. The minimum atomic E-state index is -0.978. The van der Waals surface area contributed by atoms with Gasteiger partial charge in [0.2, 0.25) is 0 Å². The molecule has 0 bridgehead atoms. The van der Waals surface area contributed by atoms with Gasteiger partial charge >= 0.3 is 5.97 Å². The fourth-order valence-electron chi connectivity index (χ4n) is 1.22. The smallest absolute Gasteiger partial charge is 0.328 e. The molecule has 0 spiro atoms. The number of nitrogens with zero attached hydrogens (tertiary/aromatic N) is 3. The van der Waals surface area contributed by atoms with Crippen molar-refractivity contribution < 1.29 is 9.90 Å². The van der Waals surface area contributed by atoms with Gasteiger partial charge in [-0.05, 0) is 18.2 Å². The van der Waals surface area contributed by atoms with Crippen LogP contribution in [0, 0.1) is 0 Å². The Morgan fingerprint density at radius 2 is 2.31 bits per heavy atom. The number of pyridine rings is 1. The molecule has 2 aromatic heterocycles. The molecule has 0 aromatic carbocycles. The van der Waals surface area contributed by atoms with E-state index in [4.69, 9.17) is 5.11 Å². The first-order valence-corrected chi connectivity index (χ1v) is 4.62. The first-order valence-electron chi connectivity index (χ1n) is 4.62. The van der Waals surface area contributed by atoms with Crippen LogP contribution in [0.25, 0.3) is 11.8 Å². The van der Waals surface area contributed by atoms with E-state index in [1.165, 1.54) is 6.08 Å². The lowest BCUT2D eigenvalue weighted by atomic mass is 10.3. The van der Waals surface area contributed by atoms with Crippen molar-refractivity contribution in [3.8, 4) is 5.69 Å². The molecule has 2 heterocycles. The molecule has 0 aliphatic rings. The lowest BCUT2D eigenvalue weighted by Gasteiger charge is -1.97. The molecule has 2 rings (SSSR count). The van der Waals surface area contributed by atoms with Crippen LogP contribution in [-0.2, 0) is 4.79 Å². The van der Waals surface area contributed by atoms with Crippen LogP contribution in [0.1, 0.15) is 5.56 Å².